The lowest BCUT2D eigenvalue weighted by Crippen LogP contribution is -2.19. The van der Waals surface area contributed by atoms with Crippen molar-refractivity contribution in [3.8, 4) is 0 Å². The molecule has 0 spiro atoms. The largest absolute Gasteiger partial charge is 0.269 e. The first-order valence-corrected chi connectivity index (χ1v) is 8.21. The van der Waals surface area contributed by atoms with Crippen LogP contribution in [-0.4, -0.2) is 9.78 Å². The van der Waals surface area contributed by atoms with Crippen LogP contribution in [0.3, 0.4) is 0 Å². The number of hydrogen-bond donors (Lipinski definition) is 0. The number of hydrogen-bond acceptors (Lipinski definition) is 1. The number of rotatable bonds is 4. The van der Waals surface area contributed by atoms with Gasteiger partial charge in [0.2, 0.25) is 0 Å². The minimum Gasteiger partial charge on any atom is -0.269 e. The minimum atomic E-state index is 0.119. The average molecular weight is 281 g/mol. The van der Waals surface area contributed by atoms with Gasteiger partial charge in [-0.05, 0) is 57.3 Å². The van der Waals surface area contributed by atoms with E-state index in [1.165, 1.54) is 36.9 Å². The number of aryl methyl sites for hydroxylation is 1. The fourth-order valence-corrected chi connectivity index (χ4v) is 4.68. The van der Waals surface area contributed by atoms with Crippen LogP contribution < -0.4 is 0 Å². The van der Waals surface area contributed by atoms with Gasteiger partial charge < -0.3 is 0 Å². The summed E-state index contributed by atoms with van der Waals surface area (Å²) < 4.78 is 2.24. The quantitative estimate of drug-likeness (QED) is 0.736. The van der Waals surface area contributed by atoms with E-state index in [2.05, 4.69) is 25.5 Å². The second-order valence-corrected chi connectivity index (χ2v) is 7.10. The first-order valence-electron chi connectivity index (χ1n) is 7.78. The molecule has 3 heteroatoms. The highest BCUT2D eigenvalue weighted by Crippen LogP contribution is 2.49. The Hall–Kier alpha value is -0.500. The van der Waals surface area contributed by atoms with E-state index in [0.717, 1.165) is 36.4 Å². The van der Waals surface area contributed by atoms with Gasteiger partial charge >= 0.3 is 0 Å². The lowest BCUT2D eigenvalue weighted by Gasteiger charge is -2.22. The normalized spacial score (nSPS) is 31.1. The lowest BCUT2D eigenvalue weighted by atomic mass is 9.89. The molecular formula is C16H25ClN2. The summed E-state index contributed by atoms with van der Waals surface area (Å²) in [4.78, 5) is 0. The molecule has 2 bridgehead atoms. The summed E-state index contributed by atoms with van der Waals surface area (Å²) in [6.07, 6.45) is 6.81. The summed E-state index contributed by atoms with van der Waals surface area (Å²) in [7, 11) is 0. The van der Waals surface area contributed by atoms with Crippen LogP contribution in [0.1, 0.15) is 61.4 Å². The zero-order chi connectivity index (χ0) is 13.6. The topological polar surface area (TPSA) is 17.8 Å². The van der Waals surface area contributed by atoms with Crippen LogP contribution in [0.2, 0.25) is 0 Å². The summed E-state index contributed by atoms with van der Waals surface area (Å²) in [6, 6.07) is 0. The van der Waals surface area contributed by atoms with Crippen LogP contribution in [0, 0.1) is 31.6 Å². The summed E-state index contributed by atoms with van der Waals surface area (Å²) in [5, 5.41) is 4.88. The van der Waals surface area contributed by atoms with Gasteiger partial charge in [-0.15, -0.1) is 11.6 Å². The Kier molecular flexibility index (Phi) is 3.63. The zero-order valence-corrected chi connectivity index (χ0v) is 13.1. The van der Waals surface area contributed by atoms with E-state index in [1.54, 1.807) is 0 Å². The van der Waals surface area contributed by atoms with Crippen LogP contribution >= 0.6 is 11.6 Å². The van der Waals surface area contributed by atoms with Gasteiger partial charge in [-0.25, -0.2) is 0 Å². The molecule has 19 heavy (non-hydrogen) atoms. The molecule has 106 valence electrons. The van der Waals surface area contributed by atoms with Crippen molar-refractivity contribution in [1.82, 2.24) is 9.78 Å². The maximum Gasteiger partial charge on any atom is 0.0643 e. The standard InChI is InChI=1S/C16H25ClN2/c1-4-15(17)16-10(2)18-19(11(16)3)9-14-8-12-5-6-13(14)7-12/h12-15H,4-9H2,1-3H3. The predicted molar refractivity (Wildman–Crippen MR) is 79.5 cm³/mol. The summed E-state index contributed by atoms with van der Waals surface area (Å²) in [5.74, 6) is 2.85. The molecule has 0 aliphatic heterocycles. The van der Waals surface area contributed by atoms with E-state index < -0.39 is 0 Å². The lowest BCUT2D eigenvalue weighted by molar-refractivity contribution is 0.283. The molecule has 2 aliphatic carbocycles. The molecule has 3 rings (SSSR count). The van der Waals surface area contributed by atoms with Crippen LogP contribution in [-0.2, 0) is 6.54 Å². The van der Waals surface area contributed by atoms with E-state index in [0.29, 0.717) is 0 Å². The SMILES string of the molecule is CCC(Cl)c1c(C)nn(CC2CC3CCC2C3)c1C. The zero-order valence-electron chi connectivity index (χ0n) is 12.3. The highest BCUT2D eigenvalue weighted by atomic mass is 35.5. The molecule has 0 N–H and O–H groups in total. The second-order valence-electron chi connectivity index (χ2n) is 6.58. The van der Waals surface area contributed by atoms with Crippen molar-refractivity contribution in [2.45, 2.75) is 64.8 Å². The van der Waals surface area contributed by atoms with Crippen molar-refractivity contribution in [3.05, 3.63) is 17.0 Å². The number of aromatic nitrogens is 2. The molecule has 1 aromatic rings. The third kappa shape index (κ3) is 2.33. The number of halogens is 1. The Balaban J connectivity index is 1.78. The summed E-state index contributed by atoms with van der Waals surface area (Å²) >= 11 is 6.44. The van der Waals surface area contributed by atoms with Gasteiger partial charge in [0, 0.05) is 17.8 Å². The van der Waals surface area contributed by atoms with E-state index in [4.69, 9.17) is 16.7 Å². The predicted octanol–water partition coefficient (Wildman–Crippen LogP) is 4.63. The van der Waals surface area contributed by atoms with E-state index in [-0.39, 0.29) is 5.38 Å². The van der Waals surface area contributed by atoms with Gasteiger partial charge in [0.1, 0.15) is 0 Å². The summed E-state index contributed by atoms with van der Waals surface area (Å²) in [6.45, 7) is 7.54. The maximum absolute atomic E-state index is 6.44. The van der Waals surface area contributed by atoms with Crippen LogP contribution in [0.4, 0.5) is 0 Å². The fraction of sp³-hybridized carbons (Fsp3) is 0.812. The van der Waals surface area contributed by atoms with Crippen molar-refractivity contribution < 1.29 is 0 Å². The summed E-state index contributed by atoms with van der Waals surface area (Å²) in [5.41, 5.74) is 3.69. The molecule has 4 atom stereocenters. The molecule has 0 aromatic carbocycles. The Morgan fingerprint density at radius 1 is 1.32 bits per heavy atom. The van der Waals surface area contributed by atoms with Gasteiger partial charge in [0.15, 0.2) is 0 Å². The first-order chi connectivity index (χ1) is 9.10. The Morgan fingerprint density at radius 3 is 2.68 bits per heavy atom. The van der Waals surface area contributed by atoms with Crippen molar-refractivity contribution in [2.75, 3.05) is 0 Å². The van der Waals surface area contributed by atoms with Gasteiger partial charge in [0.05, 0.1) is 11.1 Å². The Bertz CT molecular complexity index is 466. The molecule has 0 amide bonds. The molecule has 0 saturated heterocycles. The van der Waals surface area contributed by atoms with E-state index >= 15 is 0 Å². The second kappa shape index (κ2) is 5.12. The molecule has 0 radical (unpaired) electrons. The van der Waals surface area contributed by atoms with Gasteiger partial charge in [-0.3, -0.25) is 4.68 Å². The molecule has 4 unspecified atom stereocenters. The minimum absolute atomic E-state index is 0.119. The molecular weight excluding hydrogens is 256 g/mol. The molecule has 2 saturated carbocycles. The van der Waals surface area contributed by atoms with Gasteiger partial charge in [0.25, 0.3) is 0 Å². The average Bonchev–Trinajstić information content (AvgIpc) is 3.05. The molecule has 2 nitrogen and oxygen atoms in total. The van der Waals surface area contributed by atoms with Gasteiger partial charge in [-0.1, -0.05) is 13.3 Å². The molecule has 1 aromatic heterocycles. The van der Waals surface area contributed by atoms with Crippen molar-refractivity contribution in [2.24, 2.45) is 17.8 Å². The van der Waals surface area contributed by atoms with Crippen molar-refractivity contribution >= 4 is 11.6 Å². The number of fused-ring (bicyclic) bond motifs is 2. The molecule has 2 fully saturated rings. The van der Waals surface area contributed by atoms with E-state index in [1.807, 2.05) is 0 Å². The van der Waals surface area contributed by atoms with Crippen molar-refractivity contribution in [3.63, 3.8) is 0 Å². The third-order valence-electron chi connectivity index (χ3n) is 5.40. The Labute approximate surface area is 121 Å². The van der Waals surface area contributed by atoms with E-state index in [9.17, 15) is 0 Å². The number of nitrogens with zero attached hydrogens (tertiary/aromatic N) is 2. The highest BCUT2D eigenvalue weighted by Gasteiger charge is 2.39. The van der Waals surface area contributed by atoms with Gasteiger partial charge in [-0.2, -0.15) is 5.10 Å². The molecule has 1 heterocycles. The van der Waals surface area contributed by atoms with Crippen molar-refractivity contribution in [1.29, 1.82) is 0 Å². The number of alkyl halides is 1. The van der Waals surface area contributed by atoms with Crippen LogP contribution in [0.15, 0.2) is 0 Å². The Morgan fingerprint density at radius 2 is 2.11 bits per heavy atom. The monoisotopic (exact) mass is 280 g/mol. The highest BCUT2D eigenvalue weighted by molar-refractivity contribution is 6.20. The maximum atomic E-state index is 6.44. The smallest absolute Gasteiger partial charge is 0.0643 e. The third-order valence-corrected chi connectivity index (χ3v) is 5.93. The first kappa shape index (κ1) is 13.5. The van der Waals surface area contributed by atoms with Crippen LogP contribution in [0.5, 0.6) is 0 Å². The fourth-order valence-electron chi connectivity index (χ4n) is 4.37. The van der Waals surface area contributed by atoms with Crippen LogP contribution in [0.25, 0.3) is 0 Å². The molecule has 2 aliphatic rings.